The van der Waals surface area contributed by atoms with Crippen molar-refractivity contribution in [1.82, 2.24) is 19.8 Å². The Balaban J connectivity index is 1.65. The van der Waals surface area contributed by atoms with Crippen LogP contribution in [-0.4, -0.2) is 46.5 Å². The summed E-state index contributed by atoms with van der Waals surface area (Å²) in [6.45, 7) is 6.70. The fourth-order valence-electron chi connectivity index (χ4n) is 4.42. The monoisotopic (exact) mass is 553 g/mol. The van der Waals surface area contributed by atoms with Crippen molar-refractivity contribution in [3.05, 3.63) is 131 Å². The molecular weight excluding hydrogens is 517 g/mol. The van der Waals surface area contributed by atoms with Gasteiger partial charge in [-0.3, -0.25) is 14.2 Å². The number of likely N-dealkylation sites (N-methyl/N-ethyl adjacent to an activating group) is 1. The van der Waals surface area contributed by atoms with Gasteiger partial charge >= 0.3 is 0 Å². The zero-order chi connectivity index (χ0) is 29.2. The standard InChI is InChI=1S/C33H36FN5O2/c1-24(35-3)25(2)37-30-22-36-32(28-14-16-29(34)17-15-28)39(33(30)41)23-31(40)38(20-18-26-10-6-4-7-11-26)21-19-27-12-8-5-9-13-27/h4-17,22,24,35,37H,2,18-21,23H2,1,3H3/t24-/m0/s1. The Morgan fingerprint density at radius 2 is 1.51 bits per heavy atom. The molecule has 2 N–H and O–H groups in total. The van der Waals surface area contributed by atoms with Crippen molar-refractivity contribution in [2.45, 2.75) is 32.4 Å². The lowest BCUT2D eigenvalue weighted by Crippen LogP contribution is -2.40. The van der Waals surface area contributed by atoms with Crippen molar-refractivity contribution >= 4 is 11.6 Å². The Bertz CT molecular complexity index is 1460. The molecule has 0 saturated carbocycles. The van der Waals surface area contributed by atoms with Gasteiger partial charge in [0.2, 0.25) is 5.91 Å². The van der Waals surface area contributed by atoms with Crippen LogP contribution in [0.15, 0.2) is 108 Å². The number of nitrogens with one attached hydrogen (secondary N) is 2. The molecule has 0 bridgehead atoms. The first kappa shape index (κ1) is 29.4. The van der Waals surface area contributed by atoms with E-state index >= 15 is 0 Å². The summed E-state index contributed by atoms with van der Waals surface area (Å²) in [6.07, 6.45) is 2.80. The summed E-state index contributed by atoms with van der Waals surface area (Å²) in [6, 6.07) is 25.6. The van der Waals surface area contributed by atoms with Crippen LogP contribution in [0.2, 0.25) is 0 Å². The van der Waals surface area contributed by atoms with E-state index < -0.39 is 11.4 Å². The highest BCUT2D eigenvalue weighted by Gasteiger charge is 2.20. The number of carbonyl (C=O) groups excluding carboxylic acids is 1. The first-order valence-electron chi connectivity index (χ1n) is 13.7. The van der Waals surface area contributed by atoms with E-state index in [2.05, 4.69) is 22.2 Å². The van der Waals surface area contributed by atoms with Crippen molar-refractivity contribution in [3.63, 3.8) is 0 Å². The van der Waals surface area contributed by atoms with E-state index in [4.69, 9.17) is 0 Å². The van der Waals surface area contributed by atoms with Crippen LogP contribution in [0.25, 0.3) is 11.4 Å². The highest BCUT2D eigenvalue weighted by molar-refractivity contribution is 5.77. The largest absolute Gasteiger partial charge is 0.352 e. The van der Waals surface area contributed by atoms with Gasteiger partial charge in [0, 0.05) is 30.4 Å². The molecule has 0 radical (unpaired) electrons. The number of hydrogen-bond acceptors (Lipinski definition) is 5. The summed E-state index contributed by atoms with van der Waals surface area (Å²) in [5, 5.41) is 6.12. The van der Waals surface area contributed by atoms with Gasteiger partial charge in [-0.1, -0.05) is 67.2 Å². The van der Waals surface area contributed by atoms with Crippen molar-refractivity contribution < 1.29 is 9.18 Å². The average molecular weight is 554 g/mol. The van der Waals surface area contributed by atoms with E-state index in [-0.39, 0.29) is 30.0 Å². The number of hydrogen-bond donors (Lipinski definition) is 2. The Labute approximate surface area is 240 Å². The first-order chi connectivity index (χ1) is 19.9. The molecule has 1 amide bonds. The van der Waals surface area contributed by atoms with Crippen molar-refractivity contribution in [2.75, 3.05) is 25.5 Å². The van der Waals surface area contributed by atoms with Gasteiger partial charge in [0.25, 0.3) is 5.56 Å². The van der Waals surface area contributed by atoms with Gasteiger partial charge in [-0.15, -0.1) is 0 Å². The number of halogens is 1. The molecule has 0 unspecified atom stereocenters. The summed E-state index contributed by atoms with van der Waals surface area (Å²) in [4.78, 5) is 33.9. The van der Waals surface area contributed by atoms with Gasteiger partial charge in [-0.2, -0.15) is 0 Å². The number of nitrogens with zero attached hydrogens (tertiary/aromatic N) is 3. The first-order valence-corrected chi connectivity index (χ1v) is 13.7. The van der Waals surface area contributed by atoms with Crippen molar-refractivity contribution in [2.24, 2.45) is 0 Å². The average Bonchev–Trinajstić information content (AvgIpc) is 3.00. The molecule has 0 aliphatic carbocycles. The molecule has 0 spiro atoms. The van der Waals surface area contributed by atoms with Crippen LogP contribution in [-0.2, 0) is 24.2 Å². The molecular formula is C33H36FN5O2. The lowest BCUT2D eigenvalue weighted by Gasteiger charge is -2.24. The number of carbonyl (C=O) groups is 1. The van der Waals surface area contributed by atoms with Crippen LogP contribution in [0.1, 0.15) is 18.1 Å². The van der Waals surface area contributed by atoms with E-state index in [1.54, 1.807) is 24.1 Å². The van der Waals surface area contributed by atoms with Gasteiger partial charge in [0.1, 0.15) is 23.9 Å². The molecule has 4 aromatic rings. The lowest BCUT2D eigenvalue weighted by molar-refractivity contribution is -0.131. The highest BCUT2D eigenvalue weighted by atomic mass is 19.1. The lowest BCUT2D eigenvalue weighted by atomic mass is 10.1. The maximum Gasteiger partial charge on any atom is 0.277 e. The van der Waals surface area contributed by atoms with Crippen LogP contribution in [0, 0.1) is 5.82 Å². The molecule has 0 fully saturated rings. The fourth-order valence-corrected chi connectivity index (χ4v) is 4.42. The van der Waals surface area contributed by atoms with Crippen LogP contribution >= 0.6 is 0 Å². The molecule has 1 heterocycles. The highest BCUT2D eigenvalue weighted by Crippen LogP contribution is 2.19. The summed E-state index contributed by atoms with van der Waals surface area (Å²) >= 11 is 0. The zero-order valence-electron chi connectivity index (χ0n) is 23.5. The molecule has 3 aromatic carbocycles. The minimum absolute atomic E-state index is 0.104. The van der Waals surface area contributed by atoms with Crippen LogP contribution < -0.4 is 16.2 Å². The smallest absolute Gasteiger partial charge is 0.277 e. The molecule has 0 aliphatic rings. The molecule has 0 aliphatic heterocycles. The molecule has 1 atom stereocenters. The Kier molecular flexibility index (Phi) is 10.2. The Morgan fingerprint density at radius 3 is 2.05 bits per heavy atom. The molecule has 0 saturated heterocycles. The molecule has 1 aromatic heterocycles. The summed E-state index contributed by atoms with van der Waals surface area (Å²) < 4.78 is 15.0. The van der Waals surface area contributed by atoms with Crippen LogP contribution in [0.4, 0.5) is 10.1 Å². The fraction of sp³-hybridized carbons (Fsp3) is 0.242. The molecule has 8 heteroatoms. The number of benzene rings is 3. The Morgan fingerprint density at radius 1 is 0.951 bits per heavy atom. The third-order valence-corrected chi connectivity index (χ3v) is 7.07. The SMILES string of the molecule is C=C(Nc1cnc(-c2ccc(F)cc2)n(CC(=O)N(CCc2ccccc2)CCc2ccccc2)c1=O)[C@H](C)NC. The normalized spacial score (nSPS) is 11.6. The van der Waals surface area contributed by atoms with Crippen LogP contribution in [0.5, 0.6) is 0 Å². The topological polar surface area (TPSA) is 79.3 Å². The number of aromatic nitrogens is 2. The number of anilines is 1. The predicted octanol–water partition coefficient (Wildman–Crippen LogP) is 4.90. The molecule has 212 valence electrons. The van der Waals surface area contributed by atoms with Gasteiger partial charge in [-0.25, -0.2) is 9.37 Å². The summed E-state index contributed by atoms with van der Waals surface area (Å²) in [5.74, 6) is -0.321. The van der Waals surface area contributed by atoms with Gasteiger partial charge in [-0.05, 0) is 62.2 Å². The minimum Gasteiger partial charge on any atom is -0.352 e. The summed E-state index contributed by atoms with van der Waals surface area (Å²) in [5.41, 5.74) is 3.16. The second kappa shape index (κ2) is 14.2. The third-order valence-electron chi connectivity index (χ3n) is 7.07. The van der Waals surface area contributed by atoms with E-state index in [0.29, 0.717) is 37.2 Å². The molecule has 41 heavy (non-hydrogen) atoms. The quantitative estimate of drug-likeness (QED) is 0.246. The van der Waals surface area contributed by atoms with Crippen molar-refractivity contribution in [3.8, 4) is 11.4 Å². The number of amides is 1. The molecule has 7 nitrogen and oxygen atoms in total. The second-order valence-corrected chi connectivity index (χ2v) is 9.91. The van der Waals surface area contributed by atoms with Crippen molar-refractivity contribution in [1.29, 1.82) is 0 Å². The Hall–Kier alpha value is -4.56. The second-order valence-electron chi connectivity index (χ2n) is 9.91. The van der Waals surface area contributed by atoms with Crippen LogP contribution in [0.3, 0.4) is 0 Å². The number of rotatable bonds is 13. The summed E-state index contributed by atoms with van der Waals surface area (Å²) in [7, 11) is 1.80. The van der Waals surface area contributed by atoms with E-state index in [1.165, 1.54) is 22.9 Å². The van der Waals surface area contributed by atoms with Gasteiger partial charge in [0.05, 0.1) is 6.20 Å². The molecule has 4 rings (SSSR count). The maximum absolute atomic E-state index is 13.9. The van der Waals surface area contributed by atoms with Gasteiger partial charge < -0.3 is 15.5 Å². The maximum atomic E-state index is 13.9. The predicted molar refractivity (Wildman–Crippen MR) is 162 cm³/mol. The third kappa shape index (κ3) is 7.99. The van der Waals surface area contributed by atoms with Gasteiger partial charge in [0.15, 0.2) is 0 Å². The van der Waals surface area contributed by atoms with E-state index in [0.717, 1.165) is 11.1 Å². The van der Waals surface area contributed by atoms with E-state index in [9.17, 15) is 14.0 Å². The van der Waals surface area contributed by atoms with E-state index in [1.807, 2.05) is 67.6 Å². The zero-order valence-corrected chi connectivity index (χ0v) is 23.5. The minimum atomic E-state index is -0.414.